The van der Waals surface area contributed by atoms with Crippen LogP contribution in [0, 0.1) is 5.41 Å². The van der Waals surface area contributed by atoms with Gasteiger partial charge in [-0.2, -0.15) is 0 Å². The van der Waals surface area contributed by atoms with Crippen LogP contribution in [-0.2, 0) is 11.3 Å². The Kier molecular flexibility index (Phi) is 6.10. The van der Waals surface area contributed by atoms with Gasteiger partial charge in [0.2, 0.25) is 0 Å². The number of nitrogens with one attached hydrogen (secondary N) is 1. The summed E-state index contributed by atoms with van der Waals surface area (Å²) in [5.41, 5.74) is 7.33. The molecule has 0 atom stereocenters. The zero-order chi connectivity index (χ0) is 16.7. The van der Waals surface area contributed by atoms with Gasteiger partial charge in [-0.15, -0.1) is 0 Å². The van der Waals surface area contributed by atoms with Crippen LogP contribution < -0.4 is 20.5 Å². The molecule has 0 heterocycles. The molecule has 0 radical (unpaired) electrons. The molecule has 0 spiro atoms. The van der Waals surface area contributed by atoms with E-state index in [1.165, 1.54) is 12.8 Å². The number of methoxy groups -OCH3 is 3. The highest BCUT2D eigenvalue weighted by molar-refractivity contribution is 5.77. The first-order chi connectivity index (χ1) is 11.1. The Morgan fingerprint density at radius 1 is 1.22 bits per heavy atom. The first kappa shape index (κ1) is 17.4. The van der Waals surface area contributed by atoms with E-state index in [0.717, 1.165) is 25.1 Å². The molecular formula is C17H27N3O3. The lowest BCUT2D eigenvalue weighted by Crippen LogP contribution is -2.36. The lowest BCUT2D eigenvalue weighted by atomic mass is 10.0. The zero-order valence-electron chi connectivity index (χ0n) is 14.2. The van der Waals surface area contributed by atoms with Crippen LogP contribution in [0.3, 0.4) is 0 Å². The molecule has 2 rings (SSSR count). The van der Waals surface area contributed by atoms with Gasteiger partial charge in [-0.05, 0) is 42.4 Å². The van der Waals surface area contributed by atoms with E-state index >= 15 is 0 Å². The molecule has 1 aromatic carbocycles. The van der Waals surface area contributed by atoms with Crippen molar-refractivity contribution in [2.75, 3.05) is 34.5 Å². The monoisotopic (exact) mass is 321 g/mol. The summed E-state index contributed by atoms with van der Waals surface area (Å²) in [5.74, 6) is 1.88. The van der Waals surface area contributed by atoms with E-state index in [4.69, 9.17) is 19.9 Å². The van der Waals surface area contributed by atoms with Crippen LogP contribution in [0.25, 0.3) is 0 Å². The summed E-state index contributed by atoms with van der Waals surface area (Å²) in [5, 5.41) is 3.23. The van der Waals surface area contributed by atoms with Crippen LogP contribution in [0.1, 0.15) is 24.8 Å². The number of nitrogens with two attached hydrogens (primary N) is 1. The third-order valence-corrected chi connectivity index (χ3v) is 4.32. The predicted octanol–water partition coefficient (Wildman–Crippen LogP) is 1.92. The van der Waals surface area contributed by atoms with E-state index in [9.17, 15) is 0 Å². The topological polar surface area (TPSA) is 78.1 Å². The maximum absolute atomic E-state index is 5.96. The molecule has 0 aromatic heterocycles. The predicted molar refractivity (Wildman–Crippen MR) is 91.0 cm³/mol. The number of hydrogen-bond donors (Lipinski definition) is 2. The summed E-state index contributed by atoms with van der Waals surface area (Å²) in [6.07, 6.45) is 3.53. The van der Waals surface area contributed by atoms with Crippen LogP contribution >= 0.6 is 0 Å². The average molecular weight is 321 g/mol. The minimum Gasteiger partial charge on any atom is -0.493 e. The van der Waals surface area contributed by atoms with Crippen LogP contribution in [0.5, 0.6) is 11.5 Å². The second-order valence-corrected chi connectivity index (χ2v) is 5.99. The number of rotatable bonds is 9. The van der Waals surface area contributed by atoms with Gasteiger partial charge in [0, 0.05) is 20.3 Å². The van der Waals surface area contributed by atoms with Gasteiger partial charge in [0.25, 0.3) is 0 Å². The van der Waals surface area contributed by atoms with Gasteiger partial charge in [0.1, 0.15) is 0 Å². The van der Waals surface area contributed by atoms with Crippen molar-refractivity contribution >= 4 is 5.96 Å². The normalized spacial score (nSPS) is 16.0. The molecule has 0 bridgehead atoms. The van der Waals surface area contributed by atoms with Gasteiger partial charge in [-0.3, -0.25) is 0 Å². The molecule has 0 aliphatic heterocycles. The van der Waals surface area contributed by atoms with Gasteiger partial charge in [0.05, 0.1) is 20.8 Å². The maximum atomic E-state index is 5.96. The number of benzene rings is 1. The molecule has 1 saturated carbocycles. The molecule has 6 nitrogen and oxygen atoms in total. The molecule has 6 heteroatoms. The molecular weight excluding hydrogens is 294 g/mol. The molecule has 1 fully saturated rings. The lowest BCUT2D eigenvalue weighted by Gasteiger charge is -2.15. The van der Waals surface area contributed by atoms with Crippen molar-refractivity contribution in [1.82, 2.24) is 5.32 Å². The van der Waals surface area contributed by atoms with Crippen molar-refractivity contribution < 1.29 is 14.2 Å². The Morgan fingerprint density at radius 3 is 2.57 bits per heavy atom. The average Bonchev–Trinajstić information content (AvgIpc) is 3.36. The molecule has 1 aliphatic carbocycles. The summed E-state index contributed by atoms with van der Waals surface area (Å²) < 4.78 is 15.7. The summed E-state index contributed by atoms with van der Waals surface area (Å²) >= 11 is 0. The number of ether oxygens (including phenoxy) is 3. The first-order valence-corrected chi connectivity index (χ1v) is 7.86. The van der Waals surface area contributed by atoms with Crippen molar-refractivity contribution in [3.63, 3.8) is 0 Å². The third kappa shape index (κ3) is 5.03. The van der Waals surface area contributed by atoms with Gasteiger partial charge < -0.3 is 25.3 Å². The molecule has 1 aromatic rings. The largest absolute Gasteiger partial charge is 0.493 e. The Balaban J connectivity index is 1.85. The number of hydrogen-bond acceptors (Lipinski definition) is 4. The lowest BCUT2D eigenvalue weighted by molar-refractivity contribution is 0.172. The number of aliphatic imine (C=N–C) groups is 1. The zero-order valence-corrected chi connectivity index (χ0v) is 14.2. The fourth-order valence-electron chi connectivity index (χ4n) is 2.50. The van der Waals surface area contributed by atoms with E-state index in [2.05, 4.69) is 10.3 Å². The molecule has 23 heavy (non-hydrogen) atoms. The van der Waals surface area contributed by atoms with Crippen molar-refractivity contribution in [1.29, 1.82) is 0 Å². The first-order valence-electron chi connectivity index (χ1n) is 7.86. The smallest absolute Gasteiger partial charge is 0.188 e. The molecule has 3 N–H and O–H groups in total. The Hall–Kier alpha value is -1.95. The second-order valence-electron chi connectivity index (χ2n) is 5.99. The Morgan fingerprint density at radius 2 is 1.96 bits per heavy atom. The molecule has 0 saturated heterocycles. The minimum atomic E-state index is 0.347. The van der Waals surface area contributed by atoms with Gasteiger partial charge in [0.15, 0.2) is 17.5 Å². The van der Waals surface area contributed by atoms with Crippen molar-refractivity contribution in [2.45, 2.75) is 25.8 Å². The summed E-state index contributed by atoms with van der Waals surface area (Å²) in [7, 11) is 4.98. The van der Waals surface area contributed by atoms with Crippen LogP contribution in [0.2, 0.25) is 0 Å². The highest BCUT2D eigenvalue weighted by Crippen LogP contribution is 2.48. The summed E-state index contributed by atoms with van der Waals surface area (Å²) in [4.78, 5) is 4.39. The quantitative estimate of drug-likeness (QED) is 0.537. The Bertz CT molecular complexity index is 542. The minimum absolute atomic E-state index is 0.347. The van der Waals surface area contributed by atoms with Crippen LogP contribution in [0.15, 0.2) is 23.2 Å². The van der Waals surface area contributed by atoms with E-state index in [1.54, 1.807) is 21.3 Å². The third-order valence-electron chi connectivity index (χ3n) is 4.32. The van der Waals surface area contributed by atoms with Crippen molar-refractivity contribution in [3.05, 3.63) is 23.8 Å². The molecule has 1 aliphatic rings. The number of guanidine groups is 1. The highest BCUT2D eigenvalue weighted by Gasteiger charge is 2.41. The molecule has 0 unspecified atom stereocenters. The second kappa shape index (κ2) is 8.06. The molecule has 128 valence electrons. The van der Waals surface area contributed by atoms with Crippen molar-refractivity contribution in [2.24, 2.45) is 16.1 Å². The van der Waals surface area contributed by atoms with Crippen LogP contribution in [0.4, 0.5) is 0 Å². The fourth-order valence-corrected chi connectivity index (χ4v) is 2.50. The van der Waals surface area contributed by atoms with Crippen LogP contribution in [-0.4, -0.2) is 40.4 Å². The SMILES string of the molecule is COCCC1(CNC(N)=NCc2ccc(OC)c(OC)c2)CC1. The van der Waals surface area contributed by atoms with Gasteiger partial charge in [-0.1, -0.05) is 6.07 Å². The van der Waals surface area contributed by atoms with Gasteiger partial charge in [-0.25, -0.2) is 4.99 Å². The van der Waals surface area contributed by atoms with E-state index in [1.807, 2.05) is 18.2 Å². The molecule has 0 amide bonds. The van der Waals surface area contributed by atoms with Crippen molar-refractivity contribution in [3.8, 4) is 11.5 Å². The van der Waals surface area contributed by atoms with Gasteiger partial charge >= 0.3 is 0 Å². The number of nitrogens with zero attached hydrogens (tertiary/aromatic N) is 1. The highest BCUT2D eigenvalue weighted by atomic mass is 16.5. The summed E-state index contributed by atoms with van der Waals surface area (Å²) in [6.45, 7) is 2.16. The standard InChI is InChI=1S/C17H27N3O3/c1-21-9-8-17(6-7-17)12-20-16(18)19-11-13-4-5-14(22-2)15(10-13)23-3/h4-5,10H,6-9,11-12H2,1-3H3,(H3,18,19,20). The fraction of sp³-hybridized carbons (Fsp3) is 0.588. The maximum Gasteiger partial charge on any atom is 0.188 e. The van der Waals surface area contributed by atoms with E-state index < -0.39 is 0 Å². The van der Waals surface area contributed by atoms with E-state index in [0.29, 0.717) is 29.4 Å². The Labute approximate surface area is 138 Å². The van der Waals surface area contributed by atoms with E-state index in [-0.39, 0.29) is 0 Å². The summed E-state index contributed by atoms with van der Waals surface area (Å²) in [6, 6.07) is 5.74.